The standard InChI is InChI=1S/C12H16O.C5H7NS/c1-9(13)10-5-7-11(8-6-10)12(2,3)4;1-4-2-3-7-5(4)6/h5-8H,1-4H3;2-3H,6H2,1H3. The lowest BCUT2D eigenvalue weighted by atomic mass is 9.86. The third kappa shape index (κ3) is 4.82. The van der Waals surface area contributed by atoms with Crippen LogP contribution in [0.1, 0.15) is 49.2 Å². The number of aryl methyl sites for hydroxylation is 1. The first kappa shape index (κ1) is 16.4. The van der Waals surface area contributed by atoms with Gasteiger partial charge in [0.2, 0.25) is 0 Å². The first-order chi connectivity index (χ1) is 9.21. The summed E-state index contributed by atoms with van der Waals surface area (Å²) in [5.41, 5.74) is 8.85. The van der Waals surface area contributed by atoms with E-state index >= 15 is 0 Å². The smallest absolute Gasteiger partial charge is 0.159 e. The molecule has 0 spiro atoms. The molecule has 0 amide bonds. The fraction of sp³-hybridized carbons (Fsp3) is 0.353. The van der Waals surface area contributed by atoms with Crippen LogP contribution in [0.25, 0.3) is 0 Å². The van der Waals surface area contributed by atoms with Gasteiger partial charge in [-0.05, 0) is 41.8 Å². The van der Waals surface area contributed by atoms with Gasteiger partial charge >= 0.3 is 0 Å². The van der Waals surface area contributed by atoms with Crippen LogP contribution >= 0.6 is 11.3 Å². The van der Waals surface area contributed by atoms with Crippen LogP contribution in [0.2, 0.25) is 0 Å². The molecule has 2 rings (SSSR count). The van der Waals surface area contributed by atoms with Gasteiger partial charge in [0.1, 0.15) is 0 Å². The van der Waals surface area contributed by atoms with E-state index in [0.29, 0.717) is 0 Å². The normalized spacial score (nSPS) is 10.7. The number of carbonyl (C=O) groups is 1. The molecule has 0 saturated carbocycles. The zero-order valence-electron chi connectivity index (χ0n) is 12.9. The van der Waals surface area contributed by atoms with E-state index < -0.39 is 0 Å². The van der Waals surface area contributed by atoms with Gasteiger partial charge in [0.05, 0.1) is 5.00 Å². The zero-order chi connectivity index (χ0) is 15.3. The number of nitrogen functional groups attached to an aromatic ring is 1. The van der Waals surface area contributed by atoms with Crippen molar-refractivity contribution in [3.63, 3.8) is 0 Å². The molecule has 0 aliphatic rings. The average Bonchev–Trinajstić information content (AvgIpc) is 2.73. The number of hydrogen-bond donors (Lipinski definition) is 1. The molecule has 1 heterocycles. The van der Waals surface area contributed by atoms with Crippen LogP contribution in [0.5, 0.6) is 0 Å². The van der Waals surface area contributed by atoms with Crippen molar-refractivity contribution in [2.75, 3.05) is 5.73 Å². The van der Waals surface area contributed by atoms with Crippen molar-refractivity contribution in [2.45, 2.75) is 40.0 Å². The summed E-state index contributed by atoms with van der Waals surface area (Å²) in [4.78, 5) is 11.0. The molecule has 0 fully saturated rings. The Hall–Kier alpha value is -1.61. The van der Waals surface area contributed by atoms with E-state index in [9.17, 15) is 4.79 Å². The number of carbonyl (C=O) groups excluding carboxylic acids is 1. The first-order valence-electron chi connectivity index (χ1n) is 6.63. The van der Waals surface area contributed by atoms with Crippen molar-refractivity contribution in [1.82, 2.24) is 0 Å². The summed E-state index contributed by atoms with van der Waals surface area (Å²) in [7, 11) is 0. The van der Waals surface area contributed by atoms with E-state index in [1.165, 1.54) is 11.1 Å². The van der Waals surface area contributed by atoms with Gasteiger partial charge in [-0.1, -0.05) is 45.0 Å². The minimum Gasteiger partial charge on any atom is -0.390 e. The minimum absolute atomic E-state index is 0.125. The molecule has 0 saturated heterocycles. The lowest BCUT2D eigenvalue weighted by Crippen LogP contribution is -2.10. The summed E-state index contributed by atoms with van der Waals surface area (Å²) < 4.78 is 0. The molecular weight excluding hydrogens is 266 g/mol. The Kier molecular flexibility index (Phi) is 5.52. The van der Waals surface area contributed by atoms with Crippen LogP contribution in [0.4, 0.5) is 5.00 Å². The Morgan fingerprint density at radius 2 is 1.65 bits per heavy atom. The van der Waals surface area contributed by atoms with Gasteiger partial charge in [-0.15, -0.1) is 11.3 Å². The van der Waals surface area contributed by atoms with E-state index in [-0.39, 0.29) is 11.2 Å². The number of ketones is 1. The number of nitrogens with two attached hydrogens (primary N) is 1. The number of rotatable bonds is 1. The molecule has 0 aliphatic carbocycles. The van der Waals surface area contributed by atoms with Gasteiger partial charge in [-0.25, -0.2) is 0 Å². The molecule has 0 aliphatic heterocycles. The minimum atomic E-state index is 0.125. The number of Topliss-reactive ketones (excluding diaryl/α,β-unsaturated/α-hetero) is 1. The van der Waals surface area contributed by atoms with Crippen LogP contribution in [-0.2, 0) is 5.41 Å². The summed E-state index contributed by atoms with van der Waals surface area (Å²) in [5.74, 6) is 0.125. The quantitative estimate of drug-likeness (QED) is 0.764. The maximum atomic E-state index is 11.0. The van der Waals surface area contributed by atoms with Crippen molar-refractivity contribution in [3.8, 4) is 0 Å². The molecule has 0 bridgehead atoms. The average molecular weight is 289 g/mol. The zero-order valence-corrected chi connectivity index (χ0v) is 13.7. The predicted octanol–water partition coefficient (Wildman–Crippen LogP) is 4.83. The third-order valence-electron chi connectivity index (χ3n) is 3.06. The van der Waals surface area contributed by atoms with Crippen LogP contribution in [-0.4, -0.2) is 5.78 Å². The highest BCUT2D eigenvalue weighted by Crippen LogP contribution is 2.22. The number of benzene rings is 1. The van der Waals surface area contributed by atoms with Gasteiger partial charge in [0, 0.05) is 5.56 Å². The Morgan fingerprint density at radius 1 is 1.10 bits per heavy atom. The highest BCUT2D eigenvalue weighted by Gasteiger charge is 2.13. The molecule has 1 aromatic heterocycles. The van der Waals surface area contributed by atoms with E-state index in [1.807, 2.05) is 42.6 Å². The van der Waals surface area contributed by atoms with Gasteiger partial charge in [0.25, 0.3) is 0 Å². The number of thiophene rings is 1. The van der Waals surface area contributed by atoms with Crippen LogP contribution in [0.15, 0.2) is 35.7 Å². The van der Waals surface area contributed by atoms with Gasteiger partial charge < -0.3 is 5.73 Å². The van der Waals surface area contributed by atoms with Gasteiger partial charge in [-0.3, -0.25) is 4.79 Å². The Morgan fingerprint density at radius 3 is 1.90 bits per heavy atom. The largest absolute Gasteiger partial charge is 0.390 e. The van der Waals surface area contributed by atoms with Crippen LogP contribution in [0, 0.1) is 6.92 Å². The molecule has 0 atom stereocenters. The van der Waals surface area contributed by atoms with Crippen molar-refractivity contribution < 1.29 is 4.79 Å². The van der Waals surface area contributed by atoms with E-state index in [1.54, 1.807) is 18.3 Å². The second-order valence-electron chi connectivity index (χ2n) is 5.85. The Balaban J connectivity index is 0.000000240. The highest BCUT2D eigenvalue weighted by molar-refractivity contribution is 7.14. The van der Waals surface area contributed by atoms with Gasteiger partial charge in [0.15, 0.2) is 5.78 Å². The lowest BCUT2D eigenvalue weighted by molar-refractivity contribution is 0.101. The Labute approximate surface area is 125 Å². The molecule has 20 heavy (non-hydrogen) atoms. The summed E-state index contributed by atoms with van der Waals surface area (Å²) in [5, 5.41) is 2.92. The monoisotopic (exact) mass is 289 g/mol. The van der Waals surface area contributed by atoms with Crippen LogP contribution < -0.4 is 5.73 Å². The topological polar surface area (TPSA) is 43.1 Å². The van der Waals surface area contributed by atoms with Crippen molar-refractivity contribution in [2.24, 2.45) is 0 Å². The van der Waals surface area contributed by atoms with Gasteiger partial charge in [-0.2, -0.15) is 0 Å². The van der Waals surface area contributed by atoms with Crippen molar-refractivity contribution >= 4 is 22.1 Å². The molecular formula is C17H23NOS. The molecule has 2 aromatic rings. The van der Waals surface area contributed by atoms with Crippen LogP contribution in [0.3, 0.4) is 0 Å². The Bertz CT molecular complexity index is 545. The highest BCUT2D eigenvalue weighted by atomic mass is 32.1. The van der Waals surface area contributed by atoms with E-state index in [4.69, 9.17) is 5.73 Å². The molecule has 3 heteroatoms. The summed E-state index contributed by atoms with van der Waals surface area (Å²) in [6, 6.07) is 9.85. The first-order valence-corrected chi connectivity index (χ1v) is 7.51. The maximum absolute atomic E-state index is 11.0. The molecule has 108 valence electrons. The molecule has 0 radical (unpaired) electrons. The maximum Gasteiger partial charge on any atom is 0.159 e. The molecule has 2 nitrogen and oxygen atoms in total. The van der Waals surface area contributed by atoms with E-state index in [2.05, 4.69) is 20.8 Å². The summed E-state index contributed by atoms with van der Waals surface area (Å²) in [6.07, 6.45) is 0. The molecule has 2 N–H and O–H groups in total. The third-order valence-corrected chi connectivity index (χ3v) is 3.91. The predicted molar refractivity (Wildman–Crippen MR) is 88.6 cm³/mol. The second kappa shape index (κ2) is 6.71. The summed E-state index contributed by atoms with van der Waals surface area (Å²) in [6.45, 7) is 10.1. The van der Waals surface area contributed by atoms with E-state index in [0.717, 1.165) is 10.6 Å². The lowest BCUT2D eigenvalue weighted by Gasteiger charge is -2.18. The number of anilines is 1. The fourth-order valence-corrected chi connectivity index (χ4v) is 2.26. The van der Waals surface area contributed by atoms with Crippen molar-refractivity contribution in [3.05, 3.63) is 52.4 Å². The summed E-state index contributed by atoms with van der Waals surface area (Å²) >= 11 is 1.58. The second-order valence-corrected chi connectivity index (χ2v) is 6.80. The molecule has 0 unspecified atom stereocenters. The number of hydrogen-bond acceptors (Lipinski definition) is 3. The fourth-order valence-electron chi connectivity index (χ4n) is 1.59. The SMILES string of the molecule is CC(=O)c1ccc(C(C)(C)C)cc1.Cc1ccsc1N. The molecule has 1 aromatic carbocycles. The van der Waals surface area contributed by atoms with Crippen molar-refractivity contribution in [1.29, 1.82) is 0 Å².